The molecular weight excluding hydrogens is 309 g/mol. The molecule has 7 heteroatoms. The Balaban J connectivity index is 1.67. The summed E-state index contributed by atoms with van der Waals surface area (Å²) in [5, 5.41) is 15.0. The van der Waals surface area contributed by atoms with Gasteiger partial charge in [-0.15, -0.1) is 34.8 Å². The third kappa shape index (κ3) is 2.73. The van der Waals surface area contributed by atoms with Gasteiger partial charge in [0.15, 0.2) is 0 Å². The summed E-state index contributed by atoms with van der Waals surface area (Å²) in [6.45, 7) is 0.362. The minimum Gasteiger partial charge on any atom is -0.386 e. The largest absolute Gasteiger partial charge is 0.386 e. The molecular formula is C12H16Cl3N3O. The average molecular weight is 325 g/mol. The van der Waals surface area contributed by atoms with Crippen molar-refractivity contribution in [1.82, 2.24) is 14.8 Å². The Bertz CT molecular complexity index is 461. The third-order valence-electron chi connectivity index (χ3n) is 4.28. The Morgan fingerprint density at radius 2 is 2.05 bits per heavy atom. The van der Waals surface area contributed by atoms with Crippen LogP contribution in [-0.4, -0.2) is 34.7 Å². The first kappa shape index (κ1) is 13.9. The fourth-order valence-electron chi connectivity index (χ4n) is 2.60. The molecule has 0 bridgehead atoms. The minimum atomic E-state index is -0.977. The lowest BCUT2D eigenvalue weighted by Gasteiger charge is -2.33. The highest BCUT2D eigenvalue weighted by Crippen LogP contribution is 2.58. The summed E-state index contributed by atoms with van der Waals surface area (Å²) in [6, 6.07) is 0. The van der Waals surface area contributed by atoms with Gasteiger partial charge in [-0.25, -0.2) is 4.98 Å². The number of hydrogen-bond acceptors (Lipinski definition) is 3. The normalized spacial score (nSPS) is 29.8. The summed E-state index contributed by atoms with van der Waals surface area (Å²) < 4.78 is 1.03. The van der Waals surface area contributed by atoms with Gasteiger partial charge < -0.3 is 5.11 Å². The number of alkyl halides is 3. The number of hydrogen-bond donors (Lipinski definition) is 1. The Hall–Kier alpha value is -0.0300. The molecule has 2 fully saturated rings. The number of rotatable bonds is 6. The molecule has 1 N–H and O–H groups in total. The van der Waals surface area contributed by atoms with Crippen molar-refractivity contribution in [3.63, 3.8) is 0 Å². The van der Waals surface area contributed by atoms with Gasteiger partial charge in [0.2, 0.25) is 0 Å². The van der Waals surface area contributed by atoms with Crippen molar-refractivity contribution in [2.75, 3.05) is 0 Å². The van der Waals surface area contributed by atoms with E-state index in [9.17, 15) is 5.11 Å². The lowest BCUT2D eigenvalue weighted by Crippen LogP contribution is -2.45. The highest BCUT2D eigenvalue weighted by molar-refractivity contribution is 6.50. The molecule has 0 spiro atoms. The van der Waals surface area contributed by atoms with Gasteiger partial charge in [-0.1, -0.05) is 0 Å². The van der Waals surface area contributed by atoms with Crippen LogP contribution < -0.4 is 0 Å². The molecule has 2 atom stereocenters. The van der Waals surface area contributed by atoms with Crippen LogP contribution in [0.15, 0.2) is 12.7 Å². The van der Waals surface area contributed by atoms with E-state index in [0.29, 0.717) is 13.0 Å². The monoisotopic (exact) mass is 323 g/mol. The fourth-order valence-corrected chi connectivity index (χ4v) is 3.44. The summed E-state index contributed by atoms with van der Waals surface area (Å²) in [5.41, 5.74) is -0.977. The van der Waals surface area contributed by atoms with Gasteiger partial charge in [-0.3, -0.25) is 4.68 Å². The molecule has 19 heavy (non-hydrogen) atoms. The molecule has 0 aromatic carbocycles. The fraction of sp³-hybridized carbons (Fsp3) is 0.833. The summed E-state index contributed by atoms with van der Waals surface area (Å²) in [4.78, 5) is 3.36. The Kier molecular flexibility index (Phi) is 3.29. The molecule has 0 amide bonds. The molecule has 1 unspecified atom stereocenters. The molecule has 2 saturated carbocycles. The Labute approximate surface area is 127 Å². The van der Waals surface area contributed by atoms with Crippen LogP contribution >= 0.6 is 34.8 Å². The highest BCUT2D eigenvalue weighted by Gasteiger charge is 2.59. The van der Waals surface area contributed by atoms with Gasteiger partial charge in [0, 0.05) is 0 Å². The molecule has 106 valence electrons. The van der Waals surface area contributed by atoms with E-state index in [1.807, 2.05) is 0 Å². The van der Waals surface area contributed by atoms with Gasteiger partial charge in [-0.2, -0.15) is 5.10 Å². The first-order valence-corrected chi connectivity index (χ1v) is 7.60. The van der Waals surface area contributed by atoms with Crippen LogP contribution in [0.2, 0.25) is 0 Å². The van der Waals surface area contributed by atoms with Crippen molar-refractivity contribution in [1.29, 1.82) is 0 Å². The lowest BCUT2D eigenvalue weighted by molar-refractivity contribution is -0.00374. The molecule has 0 saturated heterocycles. The number of halogens is 3. The van der Waals surface area contributed by atoms with Gasteiger partial charge in [0.25, 0.3) is 0 Å². The maximum atomic E-state index is 10.9. The highest BCUT2D eigenvalue weighted by atomic mass is 35.5. The van der Waals surface area contributed by atoms with E-state index in [4.69, 9.17) is 34.8 Å². The molecule has 1 aromatic rings. The molecule has 0 radical (unpaired) electrons. The molecule has 2 aliphatic rings. The van der Waals surface area contributed by atoms with Crippen molar-refractivity contribution in [2.45, 2.75) is 53.5 Å². The van der Waals surface area contributed by atoms with Crippen LogP contribution in [0, 0.1) is 5.92 Å². The average Bonchev–Trinajstić information content (AvgIpc) is 3.14. The summed E-state index contributed by atoms with van der Waals surface area (Å²) in [6.07, 6.45) is 6.88. The molecule has 1 heterocycles. The van der Waals surface area contributed by atoms with Crippen molar-refractivity contribution in [3.05, 3.63) is 12.7 Å². The number of aromatic nitrogens is 3. The molecule has 2 aliphatic carbocycles. The molecule has 0 aliphatic heterocycles. The smallest absolute Gasteiger partial charge is 0.137 e. The zero-order chi connectivity index (χ0) is 13.7. The van der Waals surface area contributed by atoms with Crippen LogP contribution in [0.4, 0.5) is 0 Å². The zero-order valence-corrected chi connectivity index (χ0v) is 12.7. The quantitative estimate of drug-likeness (QED) is 0.819. The van der Waals surface area contributed by atoms with Crippen LogP contribution in [0.25, 0.3) is 0 Å². The Morgan fingerprint density at radius 1 is 1.37 bits per heavy atom. The minimum absolute atomic E-state index is 0.261. The van der Waals surface area contributed by atoms with Crippen molar-refractivity contribution in [3.8, 4) is 0 Å². The topological polar surface area (TPSA) is 50.9 Å². The summed E-state index contributed by atoms with van der Waals surface area (Å²) in [7, 11) is 0. The van der Waals surface area contributed by atoms with E-state index < -0.39 is 14.8 Å². The van der Waals surface area contributed by atoms with Gasteiger partial charge in [0.1, 0.15) is 22.6 Å². The predicted octanol–water partition coefficient (Wildman–Crippen LogP) is 2.75. The van der Waals surface area contributed by atoms with E-state index in [1.54, 1.807) is 11.0 Å². The van der Waals surface area contributed by atoms with Gasteiger partial charge in [-0.05, 0) is 38.0 Å². The molecule has 3 rings (SSSR count). The van der Waals surface area contributed by atoms with Gasteiger partial charge >= 0.3 is 0 Å². The van der Waals surface area contributed by atoms with Crippen molar-refractivity contribution >= 4 is 34.8 Å². The maximum Gasteiger partial charge on any atom is 0.137 e. The Morgan fingerprint density at radius 3 is 2.53 bits per heavy atom. The van der Waals surface area contributed by atoms with Crippen molar-refractivity contribution < 1.29 is 5.11 Å². The van der Waals surface area contributed by atoms with Crippen LogP contribution in [0.3, 0.4) is 0 Å². The third-order valence-corrected chi connectivity index (χ3v) is 5.93. The van der Waals surface area contributed by atoms with E-state index >= 15 is 0 Å². The second kappa shape index (κ2) is 4.48. The molecule has 1 aromatic heterocycles. The first-order valence-electron chi connectivity index (χ1n) is 6.46. The van der Waals surface area contributed by atoms with Crippen LogP contribution in [0.5, 0.6) is 0 Å². The molecule has 4 nitrogen and oxygen atoms in total. The van der Waals surface area contributed by atoms with E-state index in [-0.39, 0.29) is 5.92 Å². The second-order valence-corrected chi connectivity index (χ2v) is 8.06. The summed E-state index contributed by atoms with van der Waals surface area (Å²) >= 11 is 18.5. The second-order valence-electron chi connectivity index (χ2n) is 5.79. The van der Waals surface area contributed by atoms with Crippen LogP contribution in [-0.2, 0) is 6.54 Å². The van der Waals surface area contributed by atoms with Crippen LogP contribution in [0.1, 0.15) is 32.1 Å². The number of nitrogens with zero attached hydrogens (tertiary/aromatic N) is 3. The van der Waals surface area contributed by atoms with E-state index in [0.717, 1.165) is 25.7 Å². The predicted molar refractivity (Wildman–Crippen MR) is 74.6 cm³/mol. The summed E-state index contributed by atoms with van der Waals surface area (Å²) in [5.74, 6) is 0.261. The van der Waals surface area contributed by atoms with E-state index in [1.165, 1.54) is 6.33 Å². The zero-order valence-electron chi connectivity index (χ0n) is 10.4. The number of aliphatic hydroxyl groups is 1. The van der Waals surface area contributed by atoms with Crippen molar-refractivity contribution in [2.24, 2.45) is 5.92 Å². The lowest BCUT2D eigenvalue weighted by atomic mass is 9.90. The SMILES string of the molecule is OC(CC[C@H]1CC1(Cl)Cl)(Cn1cncn1)C1(Cl)CC1. The van der Waals surface area contributed by atoms with E-state index in [2.05, 4.69) is 10.1 Å². The first-order chi connectivity index (χ1) is 8.85. The standard InChI is InChI=1S/C12H16Cl3N3O/c13-10(3-4-10)11(19,6-18-8-16-7-17-18)2-1-9-5-12(9,14)15/h7-9,19H,1-6H2/t9-,11?/m0/s1. The van der Waals surface area contributed by atoms with Gasteiger partial charge in [0.05, 0.1) is 11.4 Å². The maximum absolute atomic E-state index is 10.9.